The van der Waals surface area contributed by atoms with Crippen LogP contribution in [0.4, 0.5) is 0 Å². The van der Waals surface area contributed by atoms with Gasteiger partial charge in [-0.05, 0) is 50.4 Å². The number of methoxy groups -OCH3 is 1. The fourth-order valence-corrected chi connectivity index (χ4v) is 2.33. The summed E-state index contributed by atoms with van der Waals surface area (Å²) < 4.78 is 5.43. The van der Waals surface area contributed by atoms with Crippen LogP contribution in [0.3, 0.4) is 0 Å². The van der Waals surface area contributed by atoms with Crippen molar-refractivity contribution in [2.75, 3.05) is 14.2 Å². The second-order valence-corrected chi connectivity index (χ2v) is 6.19. The Kier molecular flexibility index (Phi) is 5.39. The monoisotopic (exact) mass is 264 g/mol. The van der Waals surface area contributed by atoms with Crippen LogP contribution in [0.15, 0.2) is 18.2 Å². The van der Waals surface area contributed by atoms with Gasteiger partial charge >= 0.3 is 0 Å². The Morgan fingerprint density at radius 3 is 2.37 bits per heavy atom. The van der Waals surface area contributed by atoms with Crippen LogP contribution in [0.5, 0.6) is 5.75 Å². The lowest BCUT2D eigenvalue weighted by atomic mass is 9.89. The van der Waals surface area contributed by atoms with Gasteiger partial charge < -0.3 is 15.8 Å². The molecule has 0 aromatic heterocycles. The van der Waals surface area contributed by atoms with Gasteiger partial charge in [0.25, 0.3) is 0 Å². The Labute approximate surface area is 117 Å². The van der Waals surface area contributed by atoms with Gasteiger partial charge in [-0.3, -0.25) is 0 Å². The Morgan fingerprint density at radius 1 is 1.32 bits per heavy atom. The predicted molar refractivity (Wildman–Crippen MR) is 81.8 cm³/mol. The first kappa shape index (κ1) is 16.0. The third-order valence-electron chi connectivity index (χ3n) is 3.36. The molecule has 3 heteroatoms. The molecule has 0 bridgehead atoms. The summed E-state index contributed by atoms with van der Waals surface area (Å²) in [6.07, 6.45) is 0.896. The number of ether oxygens (including phenoxy) is 1. The standard InChI is InChI=1S/C16H28N2O/c1-11(2)13-9-12(7-8-15(13)19-6)14(18-5)10-16(3,4)17/h7-9,11,14,18H,10,17H2,1-6H3. The van der Waals surface area contributed by atoms with Crippen LogP contribution in [0.2, 0.25) is 0 Å². The van der Waals surface area contributed by atoms with Crippen LogP contribution in [-0.2, 0) is 0 Å². The number of nitrogens with two attached hydrogens (primary N) is 1. The number of hydrogen-bond acceptors (Lipinski definition) is 3. The first-order valence-electron chi connectivity index (χ1n) is 6.92. The van der Waals surface area contributed by atoms with E-state index in [9.17, 15) is 0 Å². The minimum atomic E-state index is -0.189. The van der Waals surface area contributed by atoms with Gasteiger partial charge in [0.2, 0.25) is 0 Å². The van der Waals surface area contributed by atoms with Crippen molar-refractivity contribution in [3.63, 3.8) is 0 Å². The van der Waals surface area contributed by atoms with Gasteiger partial charge in [-0.15, -0.1) is 0 Å². The lowest BCUT2D eigenvalue weighted by Crippen LogP contribution is -2.36. The van der Waals surface area contributed by atoms with Crippen molar-refractivity contribution in [3.8, 4) is 5.75 Å². The zero-order valence-electron chi connectivity index (χ0n) is 13.1. The van der Waals surface area contributed by atoms with Crippen LogP contribution in [-0.4, -0.2) is 19.7 Å². The average Bonchev–Trinajstić information content (AvgIpc) is 2.34. The molecule has 3 N–H and O–H groups in total. The molecule has 0 fully saturated rings. The topological polar surface area (TPSA) is 47.3 Å². The normalized spacial score (nSPS) is 13.7. The van der Waals surface area contributed by atoms with E-state index in [1.54, 1.807) is 7.11 Å². The molecule has 1 aromatic carbocycles. The molecule has 0 aliphatic heterocycles. The van der Waals surface area contributed by atoms with Gasteiger partial charge in [0, 0.05) is 11.6 Å². The van der Waals surface area contributed by atoms with Crippen LogP contribution in [0, 0.1) is 0 Å². The van der Waals surface area contributed by atoms with E-state index >= 15 is 0 Å². The highest BCUT2D eigenvalue weighted by molar-refractivity contribution is 5.40. The number of rotatable bonds is 6. The quantitative estimate of drug-likeness (QED) is 0.829. The maximum Gasteiger partial charge on any atom is 0.122 e. The van der Waals surface area contributed by atoms with Crippen LogP contribution >= 0.6 is 0 Å². The van der Waals surface area contributed by atoms with Crippen molar-refractivity contribution in [3.05, 3.63) is 29.3 Å². The largest absolute Gasteiger partial charge is 0.496 e. The SMILES string of the molecule is CNC(CC(C)(C)N)c1ccc(OC)c(C(C)C)c1. The van der Waals surface area contributed by atoms with E-state index < -0.39 is 0 Å². The summed E-state index contributed by atoms with van der Waals surface area (Å²) in [6, 6.07) is 6.68. The van der Waals surface area contributed by atoms with Crippen LogP contribution in [0.1, 0.15) is 57.2 Å². The first-order chi connectivity index (χ1) is 8.78. The van der Waals surface area contributed by atoms with E-state index in [1.807, 2.05) is 7.05 Å². The molecule has 0 aliphatic carbocycles. The van der Waals surface area contributed by atoms with Gasteiger partial charge in [0.1, 0.15) is 5.75 Å². The van der Waals surface area contributed by atoms with E-state index in [1.165, 1.54) is 11.1 Å². The Hall–Kier alpha value is -1.06. The lowest BCUT2D eigenvalue weighted by molar-refractivity contribution is 0.392. The summed E-state index contributed by atoms with van der Waals surface area (Å²) in [7, 11) is 3.70. The maximum atomic E-state index is 6.14. The summed E-state index contributed by atoms with van der Waals surface area (Å²) in [5.74, 6) is 1.40. The van der Waals surface area contributed by atoms with E-state index in [-0.39, 0.29) is 11.6 Å². The molecule has 0 spiro atoms. The molecule has 108 valence electrons. The number of hydrogen-bond donors (Lipinski definition) is 2. The summed E-state index contributed by atoms with van der Waals surface area (Å²) in [6.45, 7) is 8.49. The predicted octanol–water partition coefficient (Wildman–Crippen LogP) is 3.21. The Balaban J connectivity index is 3.08. The lowest BCUT2D eigenvalue weighted by Gasteiger charge is -2.27. The molecular formula is C16H28N2O. The fraction of sp³-hybridized carbons (Fsp3) is 0.625. The molecule has 0 amide bonds. The smallest absolute Gasteiger partial charge is 0.122 e. The molecule has 3 nitrogen and oxygen atoms in total. The summed E-state index contributed by atoms with van der Waals surface area (Å²) in [5, 5.41) is 3.36. The van der Waals surface area contributed by atoms with Crippen molar-refractivity contribution in [1.82, 2.24) is 5.32 Å². The fourth-order valence-electron chi connectivity index (χ4n) is 2.33. The van der Waals surface area contributed by atoms with Crippen molar-refractivity contribution in [2.24, 2.45) is 5.73 Å². The summed E-state index contributed by atoms with van der Waals surface area (Å²) in [4.78, 5) is 0. The molecule has 1 unspecified atom stereocenters. The highest BCUT2D eigenvalue weighted by atomic mass is 16.5. The number of benzene rings is 1. The van der Waals surface area contributed by atoms with E-state index in [4.69, 9.17) is 10.5 Å². The minimum Gasteiger partial charge on any atom is -0.496 e. The highest BCUT2D eigenvalue weighted by Gasteiger charge is 2.20. The third-order valence-corrected chi connectivity index (χ3v) is 3.36. The highest BCUT2D eigenvalue weighted by Crippen LogP contribution is 2.31. The molecule has 1 aromatic rings. The van der Waals surface area contributed by atoms with Crippen molar-refractivity contribution >= 4 is 0 Å². The molecule has 0 aliphatic rings. The second-order valence-electron chi connectivity index (χ2n) is 6.19. The number of nitrogens with one attached hydrogen (secondary N) is 1. The molecule has 0 heterocycles. The zero-order valence-corrected chi connectivity index (χ0v) is 13.1. The van der Waals surface area contributed by atoms with Gasteiger partial charge in [0.05, 0.1) is 7.11 Å². The van der Waals surface area contributed by atoms with E-state index in [0.29, 0.717) is 5.92 Å². The van der Waals surface area contributed by atoms with Gasteiger partial charge in [-0.2, -0.15) is 0 Å². The summed E-state index contributed by atoms with van der Waals surface area (Å²) in [5.41, 5.74) is 8.46. The zero-order chi connectivity index (χ0) is 14.6. The van der Waals surface area contributed by atoms with E-state index in [2.05, 4.69) is 51.2 Å². The van der Waals surface area contributed by atoms with Gasteiger partial charge in [-0.25, -0.2) is 0 Å². The van der Waals surface area contributed by atoms with Crippen molar-refractivity contribution < 1.29 is 4.74 Å². The summed E-state index contributed by atoms with van der Waals surface area (Å²) >= 11 is 0. The van der Waals surface area contributed by atoms with Crippen molar-refractivity contribution in [2.45, 2.75) is 51.6 Å². The van der Waals surface area contributed by atoms with Crippen molar-refractivity contribution in [1.29, 1.82) is 0 Å². The third kappa shape index (κ3) is 4.51. The minimum absolute atomic E-state index is 0.189. The van der Waals surface area contributed by atoms with Crippen LogP contribution in [0.25, 0.3) is 0 Å². The molecule has 19 heavy (non-hydrogen) atoms. The van der Waals surface area contributed by atoms with Gasteiger partial charge in [0.15, 0.2) is 0 Å². The van der Waals surface area contributed by atoms with Gasteiger partial charge in [-0.1, -0.05) is 26.0 Å². The van der Waals surface area contributed by atoms with Crippen LogP contribution < -0.4 is 15.8 Å². The molecular weight excluding hydrogens is 236 g/mol. The molecule has 1 atom stereocenters. The molecule has 0 saturated carbocycles. The maximum absolute atomic E-state index is 6.14. The van der Waals surface area contributed by atoms with E-state index in [0.717, 1.165) is 12.2 Å². The Bertz CT molecular complexity index is 408. The first-order valence-corrected chi connectivity index (χ1v) is 6.92. The average molecular weight is 264 g/mol. The molecule has 1 rings (SSSR count). The molecule has 0 saturated heterocycles. The Morgan fingerprint density at radius 2 is 1.95 bits per heavy atom. The second kappa shape index (κ2) is 6.40. The molecule has 0 radical (unpaired) electrons.